The van der Waals surface area contributed by atoms with Crippen molar-refractivity contribution in [3.63, 3.8) is 0 Å². The molecule has 6 heteroatoms. The Labute approximate surface area is 127 Å². The minimum Gasteiger partial charge on any atom is -0.481 e. The molecule has 1 heterocycles. The lowest BCUT2D eigenvalue weighted by Crippen LogP contribution is -2.49. The van der Waals surface area contributed by atoms with Crippen molar-refractivity contribution in [2.45, 2.75) is 46.1 Å². The SMILES string of the molecule is CC(C)CCNC(=O)C(C)N1CCC(C(=O)O)CC1.Cl. The molecule has 1 rings (SSSR count). The summed E-state index contributed by atoms with van der Waals surface area (Å²) in [6.45, 7) is 8.25. The predicted octanol–water partition coefficient (Wildman–Crippen LogP) is 1.76. The molecule has 1 unspecified atom stereocenters. The minimum absolute atomic E-state index is 0. The van der Waals surface area contributed by atoms with Crippen LogP contribution in [0.15, 0.2) is 0 Å². The molecular formula is C14H27ClN2O3. The van der Waals surface area contributed by atoms with Crippen LogP contribution in [0.2, 0.25) is 0 Å². The molecule has 0 saturated carbocycles. The second-order valence-corrected chi connectivity index (χ2v) is 5.80. The number of hydrogen-bond donors (Lipinski definition) is 2. The Balaban J connectivity index is 0.00000361. The van der Waals surface area contributed by atoms with Gasteiger partial charge in [0.2, 0.25) is 5.91 Å². The fourth-order valence-corrected chi connectivity index (χ4v) is 2.33. The lowest BCUT2D eigenvalue weighted by atomic mass is 9.96. The number of carboxylic acids is 1. The van der Waals surface area contributed by atoms with E-state index in [1.807, 2.05) is 6.92 Å². The number of carbonyl (C=O) groups is 2. The van der Waals surface area contributed by atoms with Gasteiger partial charge in [-0.15, -0.1) is 12.4 Å². The van der Waals surface area contributed by atoms with Crippen LogP contribution in [0.4, 0.5) is 0 Å². The van der Waals surface area contributed by atoms with Crippen LogP contribution in [0, 0.1) is 11.8 Å². The monoisotopic (exact) mass is 306 g/mol. The molecule has 1 aliphatic rings. The Kier molecular flexibility index (Phi) is 8.81. The summed E-state index contributed by atoms with van der Waals surface area (Å²) in [4.78, 5) is 24.9. The molecular weight excluding hydrogens is 280 g/mol. The van der Waals surface area contributed by atoms with Gasteiger partial charge < -0.3 is 10.4 Å². The third-order valence-electron chi connectivity index (χ3n) is 3.83. The summed E-state index contributed by atoms with van der Waals surface area (Å²) in [7, 11) is 0. The number of nitrogens with zero attached hydrogens (tertiary/aromatic N) is 1. The number of hydrogen-bond acceptors (Lipinski definition) is 3. The summed E-state index contributed by atoms with van der Waals surface area (Å²) in [5.74, 6) is -0.322. The van der Waals surface area contributed by atoms with Crippen LogP contribution in [0.1, 0.15) is 40.0 Å². The lowest BCUT2D eigenvalue weighted by molar-refractivity contribution is -0.143. The molecule has 118 valence electrons. The summed E-state index contributed by atoms with van der Waals surface area (Å²) >= 11 is 0. The molecule has 0 spiro atoms. The van der Waals surface area contributed by atoms with Gasteiger partial charge in [0.05, 0.1) is 12.0 Å². The summed E-state index contributed by atoms with van der Waals surface area (Å²) in [5, 5.41) is 11.9. The second kappa shape index (κ2) is 9.19. The van der Waals surface area contributed by atoms with Gasteiger partial charge in [0.25, 0.3) is 0 Å². The molecule has 20 heavy (non-hydrogen) atoms. The van der Waals surface area contributed by atoms with Gasteiger partial charge >= 0.3 is 5.97 Å². The van der Waals surface area contributed by atoms with E-state index in [2.05, 4.69) is 24.1 Å². The molecule has 1 saturated heterocycles. The van der Waals surface area contributed by atoms with Gasteiger partial charge in [0.1, 0.15) is 0 Å². The summed E-state index contributed by atoms with van der Waals surface area (Å²) < 4.78 is 0. The predicted molar refractivity (Wildman–Crippen MR) is 81.1 cm³/mol. The first kappa shape index (κ1) is 19.2. The quantitative estimate of drug-likeness (QED) is 0.784. The van der Waals surface area contributed by atoms with Gasteiger partial charge in [-0.1, -0.05) is 13.8 Å². The van der Waals surface area contributed by atoms with Crippen molar-refractivity contribution in [3.05, 3.63) is 0 Å². The third kappa shape index (κ3) is 6.09. The maximum atomic E-state index is 12.0. The zero-order valence-corrected chi connectivity index (χ0v) is 13.4. The highest BCUT2D eigenvalue weighted by Crippen LogP contribution is 2.19. The van der Waals surface area contributed by atoms with Gasteiger partial charge in [-0.05, 0) is 45.2 Å². The molecule has 0 radical (unpaired) electrons. The van der Waals surface area contributed by atoms with Gasteiger partial charge in [0, 0.05) is 6.54 Å². The summed E-state index contributed by atoms with van der Waals surface area (Å²) in [6.07, 6.45) is 2.26. The Bertz CT molecular complexity index is 316. The fourth-order valence-electron chi connectivity index (χ4n) is 2.33. The van der Waals surface area contributed by atoms with Crippen molar-refractivity contribution in [1.82, 2.24) is 10.2 Å². The average Bonchev–Trinajstić information content (AvgIpc) is 2.37. The minimum atomic E-state index is -0.714. The van der Waals surface area contributed by atoms with Crippen LogP contribution in [0.5, 0.6) is 0 Å². The normalized spacial score (nSPS) is 18.4. The van der Waals surface area contributed by atoms with Crippen molar-refractivity contribution in [1.29, 1.82) is 0 Å². The van der Waals surface area contributed by atoms with Crippen molar-refractivity contribution in [3.8, 4) is 0 Å². The van der Waals surface area contributed by atoms with Gasteiger partial charge in [-0.2, -0.15) is 0 Å². The van der Waals surface area contributed by atoms with Gasteiger partial charge in [0.15, 0.2) is 0 Å². The number of piperidine rings is 1. The molecule has 1 atom stereocenters. The third-order valence-corrected chi connectivity index (χ3v) is 3.83. The molecule has 1 fully saturated rings. The number of aliphatic carboxylic acids is 1. The standard InChI is InChI=1S/C14H26N2O3.ClH/c1-10(2)4-7-15-13(17)11(3)16-8-5-12(6-9-16)14(18)19;/h10-12H,4-9H2,1-3H3,(H,15,17)(H,18,19);1H. The summed E-state index contributed by atoms with van der Waals surface area (Å²) in [5.41, 5.74) is 0. The van der Waals surface area contributed by atoms with Crippen LogP contribution in [0.3, 0.4) is 0 Å². The number of amides is 1. The first-order chi connectivity index (χ1) is 8.91. The van der Waals surface area contributed by atoms with E-state index in [0.29, 0.717) is 38.4 Å². The number of rotatable bonds is 6. The van der Waals surface area contributed by atoms with Gasteiger partial charge in [-0.25, -0.2) is 0 Å². The van der Waals surface area contributed by atoms with E-state index in [1.54, 1.807) is 0 Å². The molecule has 1 amide bonds. The summed E-state index contributed by atoms with van der Waals surface area (Å²) in [6, 6.07) is -0.165. The zero-order valence-electron chi connectivity index (χ0n) is 12.6. The van der Waals surface area contributed by atoms with Crippen LogP contribution in [-0.4, -0.2) is 47.6 Å². The Morgan fingerprint density at radius 1 is 1.25 bits per heavy atom. The van der Waals surface area contributed by atoms with Crippen LogP contribution >= 0.6 is 12.4 Å². The van der Waals surface area contributed by atoms with Crippen molar-refractivity contribution in [2.24, 2.45) is 11.8 Å². The Morgan fingerprint density at radius 2 is 1.80 bits per heavy atom. The molecule has 1 aliphatic heterocycles. The fraction of sp³-hybridized carbons (Fsp3) is 0.857. The van der Waals surface area contributed by atoms with Crippen molar-refractivity contribution in [2.75, 3.05) is 19.6 Å². The molecule has 2 N–H and O–H groups in total. The number of carboxylic acid groups (broad SMARTS) is 1. The number of halogens is 1. The van der Waals surface area contributed by atoms with E-state index in [1.165, 1.54) is 0 Å². The van der Waals surface area contributed by atoms with Crippen LogP contribution < -0.4 is 5.32 Å². The highest BCUT2D eigenvalue weighted by atomic mass is 35.5. The van der Waals surface area contributed by atoms with E-state index in [9.17, 15) is 9.59 Å². The van der Waals surface area contributed by atoms with E-state index >= 15 is 0 Å². The van der Waals surface area contributed by atoms with Crippen molar-refractivity contribution < 1.29 is 14.7 Å². The molecule has 5 nitrogen and oxygen atoms in total. The first-order valence-electron chi connectivity index (χ1n) is 7.16. The largest absolute Gasteiger partial charge is 0.481 e. The van der Waals surface area contributed by atoms with E-state index in [-0.39, 0.29) is 30.3 Å². The van der Waals surface area contributed by atoms with E-state index in [4.69, 9.17) is 5.11 Å². The molecule has 0 aromatic heterocycles. The van der Waals surface area contributed by atoms with Crippen LogP contribution in [-0.2, 0) is 9.59 Å². The average molecular weight is 307 g/mol. The number of nitrogens with one attached hydrogen (secondary N) is 1. The van der Waals surface area contributed by atoms with Crippen LogP contribution in [0.25, 0.3) is 0 Å². The van der Waals surface area contributed by atoms with E-state index < -0.39 is 5.97 Å². The zero-order chi connectivity index (χ0) is 14.4. The van der Waals surface area contributed by atoms with Crippen molar-refractivity contribution >= 4 is 24.3 Å². The highest BCUT2D eigenvalue weighted by Gasteiger charge is 2.29. The first-order valence-corrected chi connectivity index (χ1v) is 7.16. The number of likely N-dealkylation sites (tertiary alicyclic amines) is 1. The highest BCUT2D eigenvalue weighted by molar-refractivity contribution is 5.85. The second-order valence-electron chi connectivity index (χ2n) is 5.80. The molecule has 0 bridgehead atoms. The molecule has 0 aromatic rings. The topological polar surface area (TPSA) is 69.6 Å². The van der Waals surface area contributed by atoms with Gasteiger partial charge in [-0.3, -0.25) is 14.5 Å². The lowest BCUT2D eigenvalue weighted by Gasteiger charge is -2.33. The maximum absolute atomic E-state index is 12.0. The molecule has 0 aliphatic carbocycles. The Hall–Kier alpha value is -0.810. The maximum Gasteiger partial charge on any atom is 0.306 e. The smallest absolute Gasteiger partial charge is 0.306 e. The Morgan fingerprint density at radius 3 is 2.25 bits per heavy atom. The molecule has 0 aromatic carbocycles. The number of carbonyl (C=O) groups excluding carboxylic acids is 1. The van der Waals surface area contributed by atoms with E-state index in [0.717, 1.165) is 6.42 Å².